The number of hydrogen-bond donors (Lipinski definition) is 2. The van der Waals surface area contributed by atoms with E-state index in [9.17, 15) is 0 Å². The molecular weight excluding hydrogens is 204 g/mol. The minimum atomic E-state index is 0.698. The summed E-state index contributed by atoms with van der Waals surface area (Å²) in [6, 6.07) is 10.6. The van der Waals surface area contributed by atoms with Crippen LogP contribution in [0.1, 0.15) is 12.5 Å². The molecule has 80 valence electrons. The minimum Gasteiger partial charge on any atom is -0.269 e. The fourth-order valence-corrected chi connectivity index (χ4v) is 2.51. The van der Waals surface area contributed by atoms with Crippen molar-refractivity contribution in [3.05, 3.63) is 35.9 Å². The van der Waals surface area contributed by atoms with Crippen LogP contribution >= 0.6 is 11.8 Å². The van der Waals surface area contributed by atoms with Gasteiger partial charge >= 0.3 is 5.17 Å². The summed E-state index contributed by atoms with van der Waals surface area (Å²) in [7, 11) is 0. The minimum absolute atomic E-state index is 0.698. The van der Waals surface area contributed by atoms with Gasteiger partial charge in [-0.05, 0) is 24.2 Å². The molecule has 1 aliphatic heterocycles. The molecule has 0 unspecified atom stereocenters. The number of amidine groups is 1. The molecule has 0 fully saturated rings. The van der Waals surface area contributed by atoms with Gasteiger partial charge in [-0.15, -0.1) is 0 Å². The average molecular weight is 221 g/mol. The highest BCUT2D eigenvalue weighted by atomic mass is 32.2. The molecule has 15 heavy (non-hydrogen) atoms. The van der Waals surface area contributed by atoms with Crippen molar-refractivity contribution in [2.24, 2.45) is 0 Å². The van der Waals surface area contributed by atoms with Crippen LogP contribution in [0.4, 0.5) is 0 Å². The van der Waals surface area contributed by atoms with Crippen LogP contribution < -0.4 is 10.3 Å². The van der Waals surface area contributed by atoms with Gasteiger partial charge in [0.25, 0.3) is 0 Å². The van der Waals surface area contributed by atoms with Crippen molar-refractivity contribution < 1.29 is 4.99 Å². The Hall–Kier alpha value is -0.960. The summed E-state index contributed by atoms with van der Waals surface area (Å²) in [5.74, 6) is 0. The molecule has 0 amide bonds. The maximum Gasteiger partial charge on any atom is 0.304 e. The van der Waals surface area contributed by atoms with Gasteiger partial charge in [0.2, 0.25) is 0 Å². The molecule has 0 aliphatic carbocycles. The summed E-state index contributed by atoms with van der Waals surface area (Å²) >= 11 is 1.90. The van der Waals surface area contributed by atoms with E-state index in [2.05, 4.69) is 47.6 Å². The molecule has 2 N–H and O–H groups in total. The molecule has 1 heterocycles. The fourth-order valence-electron chi connectivity index (χ4n) is 1.59. The quantitative estimate of drug-likeness (QED) is 0.772. The summed E-state index contributed by atoms with van der Waals surface area (Å²) in [6.45, 7) is 4.33. The number of hydrogen-bond acceptors (Lipinski definition) is 2. The third kappa shape index (κ3) is 3.27. The van der Waals surface area contributed by atoms with Crippen LogP contribution in [0.2, 0.25) is 0 Å². The Labute approximate surface area is 95.2 Å². The van der Waals surface area contributed by atoms with Crippen LogP contribution in [0, 0.1) is 0 Å². The largest absolute Gasteiger partial charge is 0.304 e. The highest BCUT2D eigenvalue weighted by molar-refractivity contribution is 8.14. The maximum atomic E-state index is 3.43. The van der Waals surface area contributed by atoms with E-state index in [0.29, 0.717) is 5.25 Å². The Morgan fingerprint density at radius 2 is 2.20 bits per heavy atom. The van der Waals surface area contributed by atoms with Gasteiger partial charge in [-0.2, -0.15) is 0 Å². The summed E-state index contributed by atoms with van der Waals surface area (Å²) in [5.41, 5.74) is 1.39. The zero-order chi connectivity index (χ0) is 10.5. The normalized spacial score (nSPS) is 20.1. The van der Waals surface area contributed by atoms with Gasteiger partial charge in [0.05, 0.1) is 18.3 Å². The number of rotatable bonds is 3. The topological polar surface area (TPSA) is 26.0 Å². The monoisotopic (exact) mass is 221 g/mol. The lowest BCUT2D eigenvalue weighted by atomic mass is 10.2. The molecule has 1 aromatic carbocycles. The Balaban J connectivity index is 1.72. The molecule has 0 aromatic heterocycles. The van der Waals surface area contributed by atoms with E-state index in [1.165, 1.54) is 10.7 Å². The van der Waals surface area contributed by atoms with Crippen molar-refractivity contribution in [3.8, 4) is 0 Å². The predicted molar refractivity (Wildman–Crippen MR) is 66.0 cm³/mol. The second-order valence-corrected chi connectivity index (χ2v) is 5.25. The van der Waals surface area contributed by atoms with Crippen molar-refractivity contribution in [3.63, 3.8) is 0 Å². The number of thioether (sulfide) groups is 1. The average Bonchev–Trinajstić information content (AvgIpc) is 2.66. The van der Waals surface area contributed by atoms with Crippen LogP contribution in [0.25, 0.3) is 0 Å². The molecule has 0 spiro atoms. The van der Waals surface area contributed by atoms with E-state index in [-0.39, 0.29) is 0 Å². The Bertz CT molecular complexity index is 335. The molecule has 2 rings (SSSR count). The lowest BCUT2D eigenvalue weighted by molar-refractivity contribution is -0.450. The molecule has 0 saturated carbocycles. The molecule has 2 nitrogen and oxygen atoms in total. The van der Waals surface area contributed by atoms with Crippen molar-refractivity contribution in [2.75, 3.05) is 13.1 Å². The standard InChI is InChI=1S/C12H16N2S/c1-10-9-14-12(15-10)13-8-7-11-5-3-2-4-6-11/h2-6,10H,7-9H2,1H3,(H,13,14)/p+1/t10-/m0/s1. The van der Waals surface area contributed by atoms with E-state index < -0.39 is 0 Å². The van der Waals surface area contributed by atoms with E-state index in [1.807, 2.05) is 11.8 Å². The van der Waals surface area contributed by atoms with E-state index >= 15 is 0 Å². The van der Waals surface area contributed by atoms with E-state index in [1.54, 1.807) is 0 Å². The highest BCUT2D eigenvalue weighted by Crippen LogP contribution is 2.09. The fraction of sp³-hybridized carbons (Fsp3) is 0.417. The number of benzene rings is 1. The first-order valence-corrected chi connectivity index (χ1v) is 6.28. The summed E-state index contributed by atoms with van der Waals surface area (Å²) < 4.78 is 0. The van der Waals surface area contributed by atoms with E-state index in [4.69, 9.17) is 0 Å². The first-order chi connectivity index (χ1) is 7.34. The molecule has 1 aliphatic rings. The SMILES string of the molecule is C[C@H]1C[NH+]=C(NCCc2ccccc2)S1. The van der Waals surface area contributed by atoms with Crippen LogP contribution in [0.15, 0.2) is 30.3 Å². The van der Waals surface area contributed by atoms with Crippen molar-refractivity contribution in [2.45, 2.75) is 18.6 Å². The van der Waals surface area contributed by atoms with Crippen molar-refractivity contribution >= 4 is 16.9 Å². The van der Waals surface area contributed by atoms with Crippen LogP contribution in [-0.2, 0) is 6.42 Å². The van der Waals surface area contributed by atoms with E-state index in [0.717, 1.165) is 19.5 Å². The number of nitrogens with one attached hydrogen (secondary N) is 2. The molecule has 0 radical (unpaired) electrons. The molecular formula is C12H17N2S+. The highest BCUT2D eigenvalue weighted by Gasteiger charge is 2.19. The summed E-state index contributed by atoms with van der Waals surface area (Å²) in [4.78, 5) is 3.36. The van der Waals surface area contributed by atoms with Gasteiger partial charge in [-0.3, -0.25) is 10.3 Å². The zero-order valence-electron chi connectivity index (χ0n) is 8.99. The lowest BCUT2D eigenvalue weighted by Crippen LogP contribution is -2.73. The maximum absolute atomic E-state index is 3.43. The first kappa shape index (κ1) is 10.6. The van der Waals surface area contributed by atoms with Crippen LogP contribution in [-0.4, -0.2) is 23.5 Å². The van der Waals surface area contributed by atoms with Crippen molar-refractivity contribution in [1.82, 2.24) is 5.32 Å². The summed E-state index contributed by atoms with van der Waals surface area (Å²) in [6.07, 6.45) is 1.08. The second-order valence-electron chi connectivity index (χ2n) is 3.80. The second kappa shape index (κ2) is 5.21. The van der Waals surface area contributed by atoms with Gasteiger partial charge < -0.3 is 0 Å². The summed E-state index contributed by atoms with van der Waals surface area (Å²) in [5, 5.41) is 5.36. The molecule has 0 saturated heterocycles. The molecule has 0 bridgehead atoms. The zero-order valence-corrected chi connectivity index (χ0v) is 9.81. The Morgan fingerprint density at radius 3 is 2.87 bits per heavy atom. The van der Waals surface area contributed by atoms with Gasteiger partial charge in [0, 0.05) is 6.42 Å². The predicted octanol–water partition coefficient (Wildman–Crippen LogP) is 0.391. The van der Waals surface area contributed by atoms with Gasteiger partial charge in [-0.25, -0.2) is 0 Å². The Kier molecular flexibility index (Phi) is 3.67. The lowest BCUT2D eigenvalue weighted by Gasteiger charge is -1.99. The Morgan fingerprint density at radius 1 is 1.40 bits per heavy atom. The smallest absolute Gasteiger partial charge is 0.269 e. The first-order valence-electron chi connectivity index (χ1n) is 5.40. The van der Waals surface area contributed by atoms with Crippen LogP contribution in [0.5, 0.6) is 0 Å². The molecule has 3 heteroatoms. The molecule has 1 atom stereocenters. The van der Waals surface area contributed by atoms with Gasteiger partial charge in [0.15, 0.2) is 0 Å². The van der Waals surface area contributed by atoms with Gasteiger partial charge in [-0.1, -0.05) is 30.3 Å². The van der Waals surface area contributed by atoms with Gasteiger partial charge in [0.1, 0.15) is 0 Å². The van der Waals surface area contributed by atoms with Crippen LogP contribution in [0.3, 0.4) is 0 Å². The third-order valence-corrected chi connectivity index (χ3v) is 3.50. The third-order valence-electron chi connectivity index (χ3n) is 2.41. The molecule has 1 aromatic rings. The van der Waals surface area contributed by atoms with Crippen molar-refractivity contribution in [1.29, 1.82) is 0 Å².